The molecule has 3 aromatic rings. The Hall–Kier alpha value is -1.65. The van der Waals surface area contributed by atoms with Crippen molar-refractivity contribution in [2.24, 2.45) is 5.73 Å². The van der Waals surface area contributed by atoms with E-state index in [1.165, 1.54) is 17.0 Å². The summed E-state index contributed by atoms with van der Waals surface area (Å²) in [4.78, 5) is 0. The zero-order chi connectivity index (χ0) is 14.8. The lowest BCUT2D eigenvalue weighted by atomic mass is 10.1. The summed E-state index contributed by atoms with van der Waals surface area (Å²) in [5.41, 5.74) is 8.93. The predicted octanol–water partition coefficient (Wildman–Crippen LogP) is 4.09. The maximum atomic E-state index is 13.5. The molecule has 0 amide bonds. The van der Waals surface area contributed by atoms with Crippen LogP contribution < -0.4 is 5.73 Å². The number of hydrogen-bond donors (Lipinski definition) is 1. The summed E-state index contributed by atoms with van der Waals surface area (Å²) in [6.45, 7) is 1.31. The number of halogens is 2. The molecule has 108 valence electrons. The van der Waals surface area contributed by atoms with Crippen LogP contribution in [0.3, 0.4) is 0 Å². The van der Waals surface area contributed by atoms with Gasteiger partial charge in [0.05, 0.1) is 0 Å². The van der Waals surface area contributed by atoms with E-state index in [9.17, 15) is 4.39 Å². The quantitative estimate of drug-likeness (QED) is 0.757. The van der Waals surface area contributed by atoms with Crippen LogP contribution in [0, 0.1) is 5.82 Å². The van der Waals surface area contributed by atoms with Gasteiger partial charge in [0.25, 0.3) is 0 Å². The summed E-state index contributed by atoms with van der Waals surface area (Å²) in [6, 6.07) is 13.4. The van der Waals surface area contributed by atoms with Crippen molar-refractivity contribution in [3.05, 3.63) is 70.1 Å². The molecule has 0 unspecified atom stereocenters. The average molecular weight is 347 g/mol. The van der Waals surface area contributed by atoms with Gasteiger partial charge >= 0.3 is 0 Å². The summed E-state index contributed by atoms with van der Waals surface area (Å²) in [5, 5.41) is 1.19. The molecule has 0 saturated heterocycles. The molecule has 1 aromatic heterocycles. The van der Waals surface area contributed by atoms with Crippen molar-refractivity contribution in [2.45, 2.75) is 13.0 Å². The lowest BCUT2D eigenvalue weighted by Gasteiger charge is -2.07. The van der Waals surface area contributed by atoms with Crippen LogP contribution in [0.15, 0.2) is 53.1 Å². The van der Waals surface area contributed by atoms with E-state index in [2.05, 4.69) is 44.8 Å². The number of benzene rings is 2. The van der Waals surface area contributed by atoms with Gasteiger partial charge in [-0.15, -0.1) is 0 Å². The standard InChI is InChI=1S/C17H16BrFN2/c18-15-8-13(9-16(19)10-15)11-21-6-4-14-7-12(3-5-20)1-2-17(14)21/h1-2,4,6-10H,3,5,11,20H2. The van der Waals surface area contributed by atoms with E-state index in [1.54, 1.807) is 6.07 Å². The van der Waals surface area contributed by atoms with Gasteiger partial charge in [0, 0.05) is 22.7 Å². The number of nitrogens with zero attached hydrogens (tertiary/aromatic N) is 1. The molecule has 21 heavy (non-hydrogen) atoms. The van der Waals surface area contributed by atoms with Gasteiger partial charge in [-0.05, 0) is 65.9 Å². The van der Waals surface area contributed by atoms with Crippen molar-refractivity contribution in [3.8, 4) is 0 Å². The summed E-state index contributed by atoms with van der Waals surface area (Å²) in [6.07, 6.45) is 2.92. The third-order valence-corrected chi connectivity index (χ3v) is 4.00. The Balaban J connectivity index is 1.93. The lowest BCUT2D eigenvalue weighted by Crippen LogP contribution is -2.02. The van der Waals surface area contributed by atoms with Gasteiger partial charge in [-0.1, -0.05) is 22.0 Å². The maximum Gasteiger partial charge on any atom is 0.124 e. The first kappa shape index (κ1) is 14.3. The molecule has 2 aromatic carbocycles. The van der Waals surface area contributed by atoms with Gasteiger partial charge in [-0.3, -0.25) is 0 Å². The Morgan fingerprint density at radius 3 is 2.67 bits per heavy atom. The highest BCUT2D eigenvalue weighted by atomic mass is 79.9. The molecule has 0 spiro atoms. The number of nitrogens with two attached hydrogens (primary N) is 1. The molecular formula is C17H16BrFN2. The molecular weight excluding hydrogens is 331 g/mol. The largest absolute Gasteiger partial charge is 0.343 e. The minimum Gasteiger partial charge on any atom is -0.343 e. The van der Waals surface area contributed by atoms with E-state index in [4.69, 9.17) is 5.73 Å². The molecule has 0 fully saturated rings. The van der Waals surface area contributed by atoms with E-state index in [0.717, 1.165) is 22.0 Å². The zero-order valence-electron chi connectivity index (χ0n) is 11.5. The van der Waals surface area contributed by atoms with Gasteiger partial charge in [-0.2, -0.15) is 0 Å². The Morgan fingerprint density at radius 1 is 1.05 bits per heavy atom. The van der Waals surface area contributed by atoms with Crippen molar-refractivity contribution in [1.82, 2.24) is 4.57 Å². The Morgan fingerprint density at radius 2 is 1.90 bits per heavy atom. The van der Waals surface area contributed by atoms with Crippen LogP contribution in [0.25, 0.3) is 10.9 Å². The second-order valence-corrected chi connectivity index (χ2v) is 6.07. The molecule has 3 rings (SSSR count). The van der Waals surface area contributed by atoms with Gasteiger partial charge in [0.2, 0.25) is 0 Å². The molecule has 0 bridgehead atoms. The van der Waals surface area contributed by atoms with Gasteiger partial charge < -0.3 is 10.3 Å². The first-order valence-corrected chi connectivity index (χ1v) is 7.68. The van der Waals surface area contributed by atoms with Crippen molar-refractivity contribution >= 4 is 26.8 Å². The normalized spacial score (nSPS) is 11.2. The fourth-order valence-corrected chi connectivity index (χ4v) is 3.12. The monoisotopic (exact) mass is 346 g/mol. The summed E-state index contributed by atoms with van der Waals surface area (Å²) < 4.78 is 16.3. The van der Waals surface area contributed by atoms with Crippen molar-refractivity contribution < 1.29 is 4.39 Å². The fraction of sp³-hybridized carbons (Fsp3) is 0.176. The van der Waals surface area contributed by atoms with Gasteiger partial charge in [0.1, 0.15) is 5.82 Å². The molecule has 0 radical (unpaired) electrons. The van der Waals surface area contributed by atoms with Crippen LogP contribution in [-0.4, -0.2) is 11.1 Å². The number of fused-ring (bicyclic) bond motifs is 1. The third kappa shape index (κ3) is 3.17. The molecule has 4 heteroatoms. The molecule has 1 heterocycles. The fourth-order valence-electron chi connectivity index (χ4n) is 2.61. The predicted molar refractivity (Wildman–Crippen MR) is 87.9 cm³/mol. The van der Waals surface area contributed by atoms with E-state index < -0.39 is 0 Å². The zero-order valence-corrected chi connectivity index (χ0v) is 13.1. The highest BCUT2D eigenvalue weighted by Gasteiger charge is 2.05. The highest BCUT2D eigenvalue weighted by Crippen LogP contribution is 2.21. The van der Waals surface area contributed by atoms with E-state index >= 15 is 0 Å². The van der Waals surface area contributed by atoms with Crippen molar-refractivity contribution in [3.63, 3.8) is 0 Å². The van der Waals surface area contributed by atoms with Crippen LogP contribution in [0.1, 0.15) is 11.1 Å². The lowest BCUT2D eigenvalue weighted by molar-refractivity contribution is 0.623. The van der Waals surface area contributed by atoms with Crippen LogP contribution >= 0.6 is 15.9 Å². The molecule has 0 aliphatic heterocycles. The van der Waals surface area contributed by atoms with Crippen LogP contribution in [0.2, 0.25) is 0 Å². The van der Waals surface area contributed by atoms with Gasteiger partial charge in [-0.25, -0.2) is 4.39 Å². The molecule has 0 saturated carbocycles. The highest BCUT2D eigenvalue weighted by molar-refractivity contribution is 9.10. The van der Waals surface area contributed by atoms with Crippen LogP contribution in [0.4, 0.5) is 4.39 Å². The van der Waals surface area contributed by atoms with Crippen molar-refractivity contribution in [2.75, 3.05) is 6.54 Å². The molecule has 2 nitrogen and oxygen atoms in total. The summed E-state index contributed by atoms with van der Waals surface area (Å²) in [5.74, 6) is -0.221. The second kappa shape index (κ2) is 6.00. The molecule has 0 atom stereocenters. The van der Waals surface area contributed by atoms with Crippen molar-refractivity contribution in [1.29, 1.82) is 0 Å². The number of aromatic nitrogens is 1. The minimum atomic E-state index is -0.221. The smallest absolute Gasteiger partial charge is 0.124 e. The molecule has 0 aliphatic carbocycles. The van der Waals surface area contributed by atoms with Gasteiger partial charge in [0.15, 0.2) is 0 Å². The average Bonchev–Trinajstić information content (AvgIpc) is 2.80. The van der Waals surface area contributed by atoms with E-state index in [1.807, 2.05) is 12.3 Å². The maximum absolute atomic E-state index is 13.5. The molecule has 2 N–H and O–H groups in total. The van der Waals surface area contributed by atoms with Crippen LogP contribution in [0.5, 0.6) is 0 Å². The first-order valence-electron chi connectivity index (χ1n) is 6.88. The SMILES string of the molecule is NCCc1ccc2c(ccn2Cc2cc(F)cc(Br)c2)c1. The Labute approximate surface area is 131 Å². The number of hydrogen-bond acceptors (Lipinski definition) is 1. The second-order valence-electron chi connectivity index (χ2n) is 5.15. The summed E-state index contributed by atoms with van der Waals surface area (Å²) >= 11 is 3.33. The third-order valence-electron chi connectivity index (χ3n) is 3.54. The van der Waals surface area contributed by atoms with E-state index in [0.29, 0.717) is 13.1 Å². The Kier molecular flexibility index (Phi) is 4.08. The first-order chi connectivity index (χ1) is 10.2. The minimum absolute atomic E-state index is 0.221. The summed E-state index contributed by atoms with van der Waals surface area (Å²) in [7, 11) is 0. The molecule has 0 aliphatic rings. The Bertz CT molecular complexity index is 759. The van der Waals surface area contributed by atoms with Crippen LogP contribution in [-0.2, 0) is 13.0 Å². The van der Waals surface area contributed by atoms with E-state index in [-0.39, 0.29) is 5.82 Å². The number of rotatable bonds is 4. The topological polar surface area (TPSA) is 30.9 Å².